The molecular weight excluding hydrogens is 307 g/mol. The van der Waals surface area contributed by atoms with Crippen LogP contribution in [0.15, 0.2) is 59.4 Å². The standard InChI is InChI=1S/C19H17FN2O2/c20-16-8-5-13(6-9-16)12-21-18(23)10-7-15-11-14-3-1-2-4-17(14)22-19(15)24/h1-6,8-9,11H,7,10,12H2,(H,21,23)(H,22,24). The average molecular weight is 324 g/mol. The third-order valence-corrected chi connectivity index (χ3v) is 3.85. The molecule has 2 N–H and O–H groups in total. The van der Waals surface area contributed by atoms with E-state index in [-0.39, 0.29) is 23.7 Å². The Hall–Kier alpha value is -2.95. The fourth-order valence-corrected chi connectivity index (χ4v) is 2.52. The summed E-state index contributed by atoms with van der Waals surface area (Å²) >= 11 is 0. The number of H-pyrrole nitrogens is 1. The molecule has 0 fully saturated rings. The number of rotatable bonds is 5. The number of para-hydroxylation sites is 1. The minimum Gasteiger partial charge on any atom is -0.352 e. The van der Waals surface area contributed by atoms with Crippen molar-refractivity contribution in [1.29, 1.82) is 0 Å². The lowest BCUT2D eigenvalue weighted by Gasteiger charge is -2.06. The molecule has 0 saturated carbocycles. The van der Waals surface area contributed by atoms with E-state index in [0.717, 1.165) is 16.5 Å². The van der Waals surface area contributed by atoms with E-state index in [0.29, 0.717) is 18.5 Å². The molecule has 122 valence electrons. The molecule has 0 aliphatic heterocycles. The molecule has 3 rings (SSSR count). The Balaban J connectivity index is 1.59. The monoisotopic (exact) mass is 324 g/mol. The maximum Gasteiger partial charge on any atom is 0.251 e. The second kappa shape index (κ2) is 7.08. The van der Waals surface area contributed by atoms with Crippen LogP contribution < -0.4 is 10.9 Å². The fraction of sp³-hybridized carbons (Fsp3) is 0.158. The van der Waals surface area contributed by atoms with Gasteiger partial charge in [0.1, 0.15) is 5.82 Å². The molecule has 0 unspecified atom stereocenters. The minimum atomic E-state index is -0.305. The molecule has 0 radical (unpaired) electrons. The minimum absolute atomic E-state index is 0.146. The van der Waals surface area contributed by atoms with Crippen LogP contribution in [0.5, 0.6) is 0 Å². The van der Waals surface area contributed by atoms with E-state index in [2.05, 4.69) is 10.3 Å². The molecule has 1 heterocycles. The molecular formula is C19H17FN2O2. The van der Waals surface area contributed by atoms with E-state index in [1.807, 2.05) is 30.3 Å². The van der Waals surface area contributed by atoms with Gasteiger partial charge in [-0.05, 0) is 41.6 Å². The highest BCUT2D eigenvalue weighted by molar-refractivity contribution is 5.79. The largest absolute Gasteiger partial charge is 0.352 e. The molecule has 0 saturated heterocycles. The molecule has 0 atom stereocenters. The number of carbonyl (C=O) groups is 1. The number of aryl methyl sites for hydroxylation is 1. The number of aromatic nitrogens is 1. The lowest BCUT2D eigenvalue weighted by Crippen LogP contribution is -2.24. The van der Waals surface area contributed by atoms with E-state index in [1.54, 1.807) is 12.1 Å². The number of hydrogen-bond acceptors (Lipinski definition) is 2. The van der Waals surface area contributed by atoms with Crippen LogP contribution >= 0.6 is 0 Å². The molecule has 0 aliphatic rings. The SMILES string of the molecule is O=C(CCc1cc2ccccc2[nH]c1=O)NCc1ccc(F)cc1. The summed E-state index contributed by atoms with van der Waals surface area (Å²) in [5, 5.41) is 3.72. The lowest BCUT2D eigenvalue weighted by molar-refractivity contribution is -0.121. The van der Waals surface area contributed by atoms with Crippen LogP contribution in [0.25, 0.3) is 10.9 Å². The maximum absolute atomic E-state index is 12.8. The lowest BCUT2D eigenvalue weighted by atomic mass is 10.1. The van der Waals surface area contributed by atoms with Gasteiger partial charge in [-0.3, -0.25) is 9.59 Å². The molecule has 3 aromatic rings. The summed E-state index contributed by atoms with van der Waals surface area (Å²) < 4.78 is 12.8. The topological polar surface area (TPSA) is 62.0 Å². The molecule has 2 aromatic carbocycles. The average Bonchev–Trinajstić information content (AvgIpc) is 2.59. The van der Waals surface area contributed by atoms with E-state index in [4.69, 9.17) is 0 Å². The number of pyridine rings is 1. The number of halogens is 1. The van der Waals surface area contributed by atoms with E-state index >= 15 is 0 Å². The highest BCUT2D eigenvalue weighted by atomic mass is 19.1. The Bertz CT molecular complexity index is 917. The van der Waals surface area contributed by atoms with Crippen molar-refractivity contribution in [1.82, 2.24) is 10.3 Å². The smallest absolute Gasteiger partial charge is 0.251 e. The summed E-state index contributed by atoms with van der Waals surface area (Å²) in [5.74, 6) is -0.451. The number of carbonyl (C=O) groups excluding carboxylic acids is 1. The van der Waals surface area contributed by atoms with Crippen molar-refractivity contribution in [2.45, 2.75) is 19.4 Å². The normalized spacial score (nSPS) is 10.7. The number of aromatic amines is 1. The van der Waals surface area contributed by atoms with Crippen molar-refractivity contribution in [3.63, 3.8) is 0 Å². The molecule has 1 amide bonds. The second-order valence-electron chi connectivity index (χ2n) is 5.61. The van der Waals surface area contributed by atoms with Crippen LogP contribution in [0.2, 0.25) is 0 Å². The summed E-state index contributed by atoms with van der Waals surface area (Å²) in [6.07, 6.45) is 0.595. The predicted octanol–water partition coefficient (Wildman–Crippen LogP) is 2.92. The van der Waals surface area contributed by atoms with Crippen LogP contribution in [-0.2, 0) is 17.8 Å². The first-order valence-electron chi connectivity index (χ1n) is 7.74. The first-order valence-corrected chi connectivity index (χ1v) is 7.74. The summed E-state index contributed by atoms with van der Waals surface area (Å²) in [5.41, 5.74) is 2.03. The van der Waals surface area contributed by atoms with Crippen molar-refractivity contribution >= 4 is 16.8 Å². The van der Waals surface area contributed by atoms with Crippen LogP contribution in [0.3, 0.4) is 0 Å². The van der Waals surface area contributed by atoms with Crippen molar-refractivity contribution in [2.24, 2.45) is 0 Å². The second-order valence-corrected chi connectivity index (χ2v) is 5.61. The third-order valence-electron chi connectivity index (χ3n) is 3.85. The summed E-state index contributed by atoms with van der Waals surface area (Å²) in [4.78, 5) is 26.8. The van der Waals surface area contributed by atoms with Crippen molar-refractivity contribution in [2.75, 3.05) is 0 Å². The van der Waals surface area contributed by atoms with Crippen LogP contribution in [0.1, 0.15) is 17.5 Å². The number of nitrogens with one attached hydrogen (secondary N) is 2. The van der Waals surface area contributed by atoms with E-state index in [1.165, 1.54) is 12.1 Å². The van der Waals surface area contributed by atoms with Gasteiger partial charge in [0.2, 0.25) is 5.91 Å². The molecule has 24 heavy (non-hydrogen) atoms. The molecule has 1 aromatic heterocycles. The zero-order valence-electron chi connectivity index (χ0n) is 13.0. The zero-order valence-corrected chi connectivity index (χ0v) is 13.0. The van der Waals surface area contributed by atoms with Crippen molar-refractivity contribution in [3.05, 3.63) is 81.9 Å². The van der Waals surface area contributed by atoms with Gasteiger partial charge < -0.3 is 10.3 Å². The number of fused-ring (bicyclic) bond motifs is 1. The molecule has 0 spiro atoms. The Kier molecular flexibility index (Phi) is 4.70. The molecule has 4 nitrogen and oxygen atoms in total. The first kappa shape index (κ1) is 15.9. The van der Waals surface area contributed by atoms with Crippen LogP contribution in [-0.4, -0.2) is 10.9 Å². The van der Waals surface area contributed by atoms with Gasteiger partial charge in [0, 0.05) is 24.0 Å². The molecule has 0 bridgehead atoms. The van der Waals surface area contributed by atoms with Gasteiger partial charge in [0.05, 0.1) is 0 Å². The van der Waals surface area contributed by atoms with Crippen molar-refractivity contribution in [3.8, 4) is 0 Å². The van der Waals surface area contributed by atoms with Crippen LogP contribution in [0, 0.1) is 5.82 Å². The highest BCUT2D eigenvalue weighted by Crippen LogP contribution is 2.11. The zero-order chi connectivity index (χ0) is 16.9. The summed E-state index contributed by atoms with van der Waals surface area (Å²) in [6.45, 7) is 0.340. The predicted molar refractivity (Wildman–Crippen MR) is 91.1 cm³/mol. The van der Waals surface area contributed by atoms with Gasteiger partial charge in [-0.2, -0.15) is 0 Å². The third kappa shape index (κ3) is 3.87. The first-order chi connectivity index (χ1) is 11.6. The summed E-state index contributed by atoms with van der Waals surface area (Å²) in [6, 6.07) is 15.3. The molecule has 5 heteroatoms. The van der Waals surface area contributed by atoms with Gasteiger partial charge in [0.25, 0.3) is 5.56 Å². The quantitative estimate of drug-likeness (QED) is 0.758. The highest BCUT2D eigenvalue weighted by Gasteiger charge is 2.07. The maximum atomic E-state index is 12.8. The number of amides is 1. The van der Waals surface area contributed by atoms with E-state index < -0.39 is 0 Å². The Morgan fingerprint density at radius 3 is 2.62 bits per heavy atom. The van der Waals surface area contributed by atoms with Crippen LogP contribution in [0.4, 0.5) is 4.39 Å². The Morgan fingerprint density at radius 1 is 1.08 bits per heavy atom. The van der Waals surface area contributed by atoms with Gasteiger partial charge in [0.15, 0.2) is 0 Å². The van der Waals surface area contributed by atoms with Gasteiger partial charge >= 0.3 is 0 Å². The molecule has 0 aliphatic carbocycles. The number of hydrogen-bond donors (Lipinski definition) is 2. The van der Waals surface area contributed by atoms with Gasteiger partial charge in [-0.25, -0.2) is 4.39 Å². The van der Waals surface area contributed by atoms with Gasteiger partial charge in [-0.1, -0.05) is 30.3 Å². The fourth-order valence-electron chi connectivity index (χ4n) is 2.52. The Morgan fingerprint density at radius 2 is 1.83 bits per heavy atom. The van der Waals surface area contributed by atoms with Crippen molar-refractivity contribution < 1.29 is 9.18 Å². The summed E-state index contributed by atoms with van der Waals surface area (Å²) in [7, 11) is 0. The number of benzene rings is 2. The van der Waals surface area contributed by atoms with Gasteiger partial charge in [-0.15, -0.1) is 0 Å². The van der Waals surface area contributed by atoms with E-state index in [9.17, 15) is 14.0 Å². The Labute approximate surface area is 138 Å².